The SMILES string of the molecule is CCOc1cc(Br)c(Cn2ncc(=O)c3ccccc32)cc1OCC. The predicted molar refractivity (Wildman–Crippen MR) is 102 cm³/mol. The van der Waals surface area contributed by atoms with Gasteiger partial charge >= 0.3 is 0 Å². The lowest BCUT2D eigenvalue weighted by molar-refractivity contribution is 0.287. The molecule has 0 aliphatic carbocycles. The summed E-state index contributed by atoms with van der Waals surface area (Å²) < 4.78 is 14.1. The van der Waals surface area contributed by atoms with Gasteiger partial charge in [0.05, 0.1) is 31.5 Å². The Kier molecular flexibility index (Phi) is 5.38. The van der Waals surface area contributed by atoms with Gasteiger partial charge in [-0.05, 0) is 43.7 Å². The van der Waals surface area contributed by atoms with E-state index in [1.807, 2.05) is 54.9 Å². The van der Waals surface area contributed by atoms with Crippen LogP contribution < -0.4 is 14.9 Å². The molecule has 0 radical (unpaired) electrons. The monoisotopic (exact) mass is 402 g/mol. The number of para-hydroxylation sites is 1. The van der Waals surface area contributed by atoms with Crippen LogP contribution in [0.3, 0.4) is 0 Å². The van der Waals surface area contributed by atoms with Gasteiger partial charge in [0.25, 0.3) is 0 Å². The van der Waals surface area contributed by atoms with E-state index in [1.54, 1.807) is 0 Å². The highest BCUT2D eigenvalue weighted by Gasteiger charge is 2.12. The quantitative estimate of drug-likeness (QED) is 0.624. The summed E-state index contributed by atoms with van der Waals surface area (Å²) >= 11 is 3.60. The van der Waals surface area contributed by atoms with Crippen molar-refractivity contribution in [2.24, 2.45) is 0 Å². The smallest absolute Gasteiger partial charge is 0.207 e. The maximum absolute atomic E-state index is 12.0. The van der Waals surface area contributed by atoms with Gasteiger partial charge in [0.15, 0.2) is 11.5 Å². The largest absolute Gasteiger partial charge is 0.490 e. The Morgan fingerprint density at radius 2 is 1.76 bits per heavy atom. The second kappa shape index (κ2) is 7.70. The molecule has 130 valence electrons. The summed E-state index contributed by atoms with van der Waals surface area (Å²) in [4.78, 5) is 12.0. The molecular formula is C19H19BrN2O3. The highest BCUT2D eigenvalue weighted by atomic mass is 79.9. The standard InChI is InChI=1S/C19H19BrN2O3/c1-3-24-18-9-13(15(20)10-19(18)25-4-2)12-22-16-8-6-5-7-14(16)17(23)11-21-22/h5-11H,3-4,12H2,1-2H3. The first-order valence-electron chi connectivity index (χ1n) is 8.17. The Morgan fingerprint density at radius 3 is 2.48 bits per heavy atom. The molecule has 0 atom stereocenters. The van der Waals surface area contributed by atoms with Crippen LogP contribution in [0.4, 0.5) is 0 Å². The van der Waals surface area contributed by atoms with Gasteiger partial charge in [-0.1, -0.05) is 28.1 Å². The molecule has 0 bridgehead atoms. The number of hydrogen-bond donors (Lipinski definition) is 0. The van der Waals surface area contributed by atoms with Crippen LogP contribution in [0.15, 0.2) is 51.9 Å². The summed E-state index contributed by atoms with van der Waals surface area (Å²) in [6.07, 6.45) is 1.36. The zero-order chi connectivity index (χ0) is 17.8. The molecule has 0 N–H and O–H groups in total. The number of nitrogens with zero attached hydrogens (tertiary/aromatic N) is 2. The molecule has 0 fully saturated rings. The molecule has 2 aromatic carbocycles. The lowest BCUT2D eigenvalue weighted by atomic mass is 10.2. The van der Waals surface area contributed by atoms with Crippen LogP contribution in [0.25, 0.3) is 10.9 Å². The van der Waals surface area contributed by atoms with Crippen molar-refractivity contribution in [3.63, 3.8) is 0 Å². The Labute approximate surface area is 154 Å². The molecule has 0 saturated heterocycles. The van der Waals surface area contributed by atoms with Crippen LogP contribution in [0.1, 0.15) is 19.4 Å². The minimum absolute atomic E-state index is 0.0763. The van der Waals surface area contributed by atoms with Crippen molar-refractivity contribution in [3.8, 4) is 11.5 Å². The van der Waals surface area contributed by atoms with Crippen LogP contribution in [-0.4, -0.2) is 23.0 Å². The van der Waals surface area contributed by atoms with Gasteiger partial charge in [-0.15, -0.1) is 0 Å². The maximum Gasteiger partial charge on any atom is 0.207 e. The van der Waals surface area contributed by atoms with Crippen LogP contribution in [0.5, 0.6) is 11.5 Å². The molecule has 1 heterocycles. The summed E-state index contributed by atoms with van der Waals surface area (Å²) in [6, 6.07) is 11.3. The molecule has 3 aromatic rings. The zero-order valence-electron chi connectivity index (χ0n) is 14.2. The van der Waals surface area contributed by atoms with Crippen molar-refractivity contribution < 1.29 is 9.47 Å². The number of ether oxygens (including phenoxy) is 2. The van der Waals surface area contributed by atoms with Gasteiger partial charge in [0.2, 0.25) is 5.43 Å². The lowest BCUT2D eigenvalue weighted by Crippen LogP contribution is -2.13. The van der Waals surface area contributed by atoms with Crippen molar-refractivity contribution in [3.05, 3.63) is 62.9 Å². The minimum Gasteiger partial charge on any atom is -0.490 e. The van der Waals surface area contributed by atoms with Gasteiger partial charge in [0, 0.05) is 9.86 Å². The average Bonchev–Trinajstić information content (AvgIpc) is 2.61. The molecular weight excluding hydrogens is 384 g/mol. The van der Waals surface area contributed by atoms with E-state index >= 15 is 0 Å². The van der Waals surface area contributed by atoms with Crippen LogP contribution in [0.2, 0.25) is 0 Å². The summed E-state index contributed by atoms with van der Waals surface area (Å²) in [5.41, 5.74) is 1.72. The summed E-state index contributed by atoms with van der Waals surface area (Å²) in [7, 11) is 0. The van der Waals surface area contributed by atoms with Crippen molar-refractivity contribution in [2.45, 2.75) is 20.4 Å². The number of halogens is 1. The molecule has 0 aliphatic heterocycles. The molecule has 0 spiro atoms. The van der Waals surface area contributed by atoms with Gasteiger partial charge < -0.3 is 9.47 Å². The van der Waals surface area contributed by atoms with E-state index in [9.17, 15) is 4.79 Å². The van der Waals surface area contributed by atoms with E-state index in [4.69, 9.17) is 9.47 Å². The van der Waals surface area contributed by atoms with Crippen molar-refractivity contribution in [1.82, 2.24) is 9.78 Å². The van der Waals surface area contributed by atoms with E-state index in [-0.39, 0.29) is 5.43 Å². The first kappa shape index (κ1) is 17.5. The number of hydrogen-bond acceptors (Lipinski definition) is 4. The first-order valence-corrected chi connectivity index (χ1v) is 8.96. The summed E-state index contributed by atoms with van der Waals surface area (Å²) in [6.45, 7) is 5.51. The predicted octanol–water partition coefficient (Wildman–Crippen LogP) is 4.00. The molecule has 25 heavy (non-hydrogen) atoms. The first-order chi connectivity index (χ1) is 12.1. The Bertz CT molecular complexity index is 953. The normalized spacial score (nSPS) is 10.8. The van der Waals surface area contributed by atoms with E-state index in [0.717, 1.165) is 15.6 Å². The van der Waals surface area contributed by atoms with E-state index in [2.05, 4.69) is 21.0 Å². The van der Waals surface area contributed by atoms with Crippen molar-refractivity contribution in [2.75, 3.05) is 13.2 Å². The van der Waals surface area contributed by atoms with Crippen LogP contribution in [0, 0.1) is 0 Å². The number of rotatable bonds is 6. The third kappa shape index (κ3) is 3.69. The molecule has 0 saturated carbocycles. The summed E-state index contributed by atoms with van der Waals surface area (Å²) in [5.74, 6) is 1.41. The van der Waals surface area contributed by atoms with Crippen molar-refractivity contribution in [1.29, 1.82) is 0 Å². The van der Waals surface area contributed by atoms with E-state index in [0.29, 0.717) is 36.6 Å². The highest BCUT2D eigenvalue weighted by molar-refractivity contribution is 9.10. The Morgan fingerprint density at radius 1 is 1.08 bits per heavy atom. The van der Waals surface area contributed by atoms with Crippen LogP contribution in [-0.2, 0) is 6.54 Å². The molecule has 0 aliphatic rings. The third-order valence-corrected chi connectivity index (χ3v) is 4.53. The van der Waals surface area contributed by atoms with Crippen molar-refractivity contribution >= 4 is 26.8 Å². The molecule has 0 unspecified atom stereocenters. The number of benzene rings is 2. The summed E-state index contributed by atoms with van der Waals surface area (Å²) in [5, 5.41) is 4.95. The topological polar surface area (TPSA) is 53.4 Å². The van der Waals surface area contributed by atoms with E-state index in [1.165, 1.54) is 6.20 Å². The van der Waals surface area contributed by atoms with E-state index < -0.39 is 0 Å². The van der Waals surface area contributed by atoms with Gasteiger partial charge in [0.1, 0.15) is 0 Å². The highest BCUT2D eigenvalue weighted by Crippen LogP contribution is 2.34. The van der Waals surface area contributed by atoms with Gasteiger partial charge in [-0.2, -0.15) is 5.10 Å². The zero-order valence-corrected chi connectivity index (χ0v) is 15.7. The molecule has 0 amide bonds. The van der Waals surface area contributed by atoms with Crippen LogP contribution >= 0.6 is 15.9 Å². The number of aromatic nitrogens is 2. The average molecular weight is 403 g/mol. The second-order valence-corrected chi connectivity index (χ2v) is 6.29. The lowest BCUT2D eigenvalue weighted by Gasteiger charge is -2.15. The molecule has 1 aromatic heterocycles. The fourth-order valence-electron chi connectivity index (χ4n) is 2.68. The fraction of sp³-hybridized carbons (Fsp3) is 0.263. The third-order valence-electron chi connectivity index (χ3n) is 3.79. The molecule has 5 nitrogen and oxygen atoms in total. The van der Waals surface area contributed by atoms with Gasteiger partial charge in [-0.25, -0.2) is 0 Å². The second-order valence-electron chi connectivity index (χ2n) is 5.44. The fourth-order valence-corrected chi connectivity index (χ4v) is 3.13. The maximum atomic E-state index is 12.0. The number of fused-ring (bicyclic) bond motifs is 1. The Hall–Kier alpha value is -2.34. The molecule has 6 heteroatoms. The Balaban J connectivity index is 2.05. The minimum atomic E-state index is -0.0763. The molecule has 3 rings (SSSR count). The van der Waals surface area contributed by atoms with Gasteiger partial charge in [-0.3, -0.25) is 9.48 Å².